The first kappa shape index (κ1) is 31.4. The molecule has 1 aromatic heterocycles. The summed E-state index contributed by atoms with van der Waals surface area (Å²) < 4.78 is 0. The lowest BCUT2D eigenvalue weighted by Gasteiger charge is -2.30. The van der Waals surface area contributed by atoms with Crippen LogP contribution in [0.3, 0.4) is 0 Å². The molecule has 256 valence electrons. The monoisotopic (exact) mass is 698 g/mol. The molecule has 0 saturated carbocycles. The van der Waals surface area contributed by atoms with Crippen molar-refractivity contribution >= 4 is 0 Å². The fourth-order valence-corrected chi connectivity index (χ4v) is 9.15. The molecule has 0 saturated heterocycles. The van der Waals surface area contributed by atoms with Crippen LogP contribution in [0, 0.1) is 0 Å². The van der Waals surface area contributed by atoms with Crippen LogP contribution in [0.15, 0.2) is 206 Å². The molecule has 2 heteroatoms. The highest BCUT2D eigenvalue weighted by Gasteiger charge is 2.51. The Labute approximate surface area is 321 Å². The van der Waals surface area contributed by atoms with Crippen molar-refractivity contribution < 1.29 is 0 Å². The summed E-state index contributed by atoms with van der Waals surface area (Å²) in [7, 11) is 0. The SMILES string of the molecule is c1ccc(-c2cc(-c3ccccc3)nc(-c3ccc(-c4cccc(-c5cccc6c5-c5ccccc5C65c6ccccc6-c6ccccc65)c4)cc3)n2)cc1. The van der Waals surface area contributed by atoms with Gasteiger partial charge >= 0.3 is 0 Å². The van der Waals surface area contributed by atoms with Crippen molar-refractivity contribution in [3.63, 3.8) is 0 Å². The lowest BCUT2D eigenvalue weighted by Crippen LogP contribution is -2.25. The number of hydrogen-bond donors (Lipinski definition) is 0. The molecule has 0 amide bonds. The minimum atomic E-state index is -0.358. The first-order chi connectivity index (χ1) is 27.3. The number of fused-ring (bicyclic) bond motifs is 10. The third kappa shape index (κ3) is 4.82. The molecule has 0 bridgehead atoms. The predicted molar refractivity (Wildman–Crippen MR) is 226 cm³/mol. The van der Waals surface area contributed by atoms with E-state index in [0.29, 0.717) is 5.82 Å². The van der Waals surface area contributed by atoms with E-state index in [4.69, 9.17) is 9.97 Å². The summed E-state index contributed by atoms with van der Waals surface area (Å²) in [5.74, 6) is 0.711. The average Bonchev–Trinajstić information content (AvgIpc) is 3.75. The highest BCUT2D eigenvalue weighted by atomic mass is 14.9. The molecule has 0 atom stereocenters. The zero-order chi connectivity index (χ0) is 36.3. The van der Waals surface area contributed by atoms with Gasteiger partial charge in [0.1, 0.15) is 0 Å². The third-order valence-electron chi connectivity index (χ3n) is 11.5. The zero-order valence-electron chi connectivity index (χ0n) is 30.0. The maximum Gasteiger partial charge on any atom is 0.160 e. The van der Waals surface area contributed by atoms with E-state index in [2.05, 4.69) is 194 Å². The number of nitrogens with zero attached hydrogens (tertiary/aromatic N) is 2. The van der Waals surface area contributed by atoms with Crippen molar-refractivity contribution in [2.45, 2.75) is 5.41 Å². The van der Waals surface area contributed by atoms with Gasteiger partial charge in [-0.05, 0) is 78.9 Å². The maximum absolute atomic E-state index is 5.05. The Morgan fingerprint density at radius 1 is 0.273 bits per heavy atom. The van der Waals surface area contributed by atoms with Gasteiger partial charge in [0.2, 0.25) is 0 Å². The summed E-state index contributed by atoms with van der Waals surface area (Å²) in [6.45, 7) is 0. The Kier molecular flexibility index (Phi) is 7.11. The molecule has 2 nitrogen and oxygen atoms in total. The normalized spacial score (nSPS) is 12.9. The number of aromatic nitrogens is 2. The zero-order valence-corrected chi connectivity index (χ0v) is 30.0. The van der Waals surface area contributed by atoms with Crippen LogP contribution in [0.4, 0.5) is 0 Å². The van der Waals surface area contributed by atoms with Crippen molar-refractivity contribution in [1.82, 2.24) is 9.97 Å². The molecule has 0 N–H and O–H groups in total. The van der Waals surface area contributed by atoms with Gasteiger partial charge < -0.3 is 0 Å². The van der Waals surface area contributed by atoms with Gasteiger partial charge in [0.25, 0.3) is 0 Å². The molecule has 0 radical (unpaired) electrons. The van der Waals surface area contributed by atoms with Crippen LogP contribution >= 0.6 is 0 Å². The van der Waals surface area contributed by atoms with E-state index in [1.54, 1.807) is 0 Å². The van der Waals surface area contributed by atoms with Crippen LogP contribution in [0.1, 0.15) is 22.3 Å². The fourth-order valence-electron chi connectivity index (χ4n) is 9.15. The van der Waals surface area contributed by atoms with Gasteiger partial charge in [0, 0.05) is 16.7 Å². The fraction of sp³-hybridized carbons (Fsp3) is 0.0189. The number of rotatable bonds is 5. The molecule has 0 aliphatic heterocycles. The van der Waals surface area contributed by atoms with E-state index in [1.165, 1.54) is 61.2 Å². The average molecular weight is 699 g/mol. The molecule has 2 aliphatic rings. The summed E-state index contributed by atoms with van der Waals surface area (Å²) in [5.41, 5.74) is 20.1. The summed E-state index contributed by atoms with van der Waals surface area (Å²) in [4.78, 5) is 10.1. The van der Waals surface area contributed by atoms with Crippen LogP contribution in [0.2, 0.25) is 0 Å². The molecular formula is C53H34N2. The summed E-state index contributed by atoms with van der Waals surface area (Å²) in [6.07, 6.45) is 0. The maximum atomic E-state index is 5.05. The lowest BCUT2D eigenvalue weighted by atomic mass is 9.70. The van der Waals surface area contributed by atoms with Gasteiger partial charge in [0.15, 0.2) is 5.82 Å². The molecule has 0 fully saturated rings. The van der Waals surface area contributed by atoms with Crippen molar-refractivity contribution in [3.05, 3.63) is 229 Å². The third-order valence-corrected chi connectivity index (χ3v) is 11.5. The topological polar surface area (TPSA) is 25.8 Å². The molecule has 11 rings (SSSR count). The standard InChI is InChI=1S/C53H34N2/c1-3-15-36(16-4-1)49-34-50(37-17-5-2-6-18-37)55-52(54-49)38-31-29-35(30-32-38)39-19-13-20-40(33-39)41-24-14-28-48-51(41)44-23-9-12-27-47(44)53(48)45-25-10-7-21-42(45)43-22-8-11-26-46(43)53/h1-34H. The lowest BCUT2D eigenvalue weighted by molar-refractivity contribution is 0.794. The quantitative estimate of drug-likeness (QED) is 0.179. The highest BCUT2D eigenvalue weighted by molar-refractivity contribution is 6.00. The Morgan fingerprint density at radius 3 is 1.33 bits per heavy atom. The Hall–Kier alpha value is -7.16. The van der Waals surface area contributed by atoms with Gasteiger partial charge in [-0.25, -0.2) is 9.97 Å². The summed E-state index contributed by atoms with van der Waals surface area (Å²) >= 11 is 0. The molecule has 0 unspecified atom stereocenters. The van der Waals surface area contributed by atoms with E-state index in [0.717, 1.165) is 33.6 Å². The second-order valence-corrected chi connectivity index (χ2v) is 14.5. The van der Waals surface area contributed by atoms with Gasteiger partial charge in [-0.2, -0.15) is 0 Å². The van der Waals surface area contributed by atoms with Crippen LogP contribution in [-0.2, 0) is 5.41 Å². The largest absolute Gasteiger partial charge is 0.228 e. The van der Waals surface area contributed by atoms with Gasteiger partial charge in [-0.3, -0.25) is 0 Å². The van der Waals surface area contributed by atoms with E-state index >= 15 is 0 Å². The van der Waals surface area contributed by atoms with E-state index in [-0.39, 0.29) is 5.41 Å². The second kappa shape index (κ2) is 12.5. The first-order valence-corrected chi connectivity index (χ1v) is 18.9. The first-order valence-electron chi connectivity index (χ1n) is 18.9. The molecular weight excluding hydrogens is 665 g/mol. The van der Waals surface area contributed by atoms with Gasteiger partial charge in [-0.15, -0.1) is 0 Å². The highest BCUT2D eigenvalue weighted by Crippen LogP contribution is 2.63. The molecule has 1 spiro atoms. The molecule has 2 aliphatic carbocycles. The minimum absolute atomic E-state index is 0.358. The number of hydrogen-bond acceptors (Lipinski definition) is 2. The van der Waals surface area contributed by atoms with Crippen LogP contribution in [0.25, 0.3) is 78.4 Å². The van der Waals surface area contributed by atoms with E-state index < -0.39 is 0 Å². The van der Waals surface area contributed by atoms with Gasteiger partial charge in [-0.1, -0.05) is 194 Å². The van der Waals surface area contributed by atoms with Crippen molar-refractivity contribution in [1.29, 1.82) is 0 Å². The van der Waals surface area contributed by atoms with Crippen molar-refractivity contribution in [3.8, 4) is 78.4 Å². The number of benzene rings is 8. The second-order valence-electron chi connectivity index (χ2n) is 14.5. The molecule has 8 aromatic carbocycles. The molecule has 1 heterocycles. The Balaban J connectivity index is 1.01. The van der Waals surface area contributed by atoms with Crippen LogP contribution in [-0.4, -0.2) is 9.97 Å². The smallest absolute Gasteiger partial charge is 0.160 e. The Morgan fingerprint density at radius 2 is 0.709 bits per heavy atom. The van der Waals surface area contributed by atoms with Gasteiger partial charge in [0.05, 0.1) is 16.8 Å². The summed E-state index contributed by atoms with van der Waals surface area (Å²) in [5, 5.41) is 0. The molecule has 9 aromatic rings. The van der Waals surface area contributed by atoms with Crippen LogP contribution in [0.5, 0.6) is 0 Å². The van der Waals surface area contributed by atoms with Crippen molar-refractivity contribution in [2.75, 3.05) is 0 Å². The van der Waals surface area contributed by atoms with Crippen LogP contribution < -0.4 is 0 Å². The Bertz CT molecular complexity index is 2810. The van der Waals surface area contributed by atoms with Crippen molar-refractivity contribution in [2.24, 2.45) is 0 Å². The predicted octanol–water partition coefficient (Wildman–Crippen LogP) is 13.2. The summed E-state index contributed by atoms with van der Waals surface area (Å²) in [6, 6.07) is 74.4. The van der Waals surface area contributed by atoms with E-state index in [9.17, 15) is 0 Å². The van der Waals surface area contributed by atoms with E-state index in [1.807, 2.05) is 12.1 Å². The minimum Gasteiger partial charge on any atom is -0.228 e. The molecule has 55 heavy (non-hydrogen) atoms.